The topological polar surface area (TPSA) is 55.4 Å². The Balaban J connectivity index is 1.81. The van der Waals surface area contributed by atoms with Gasteiger partial charge in [-0.1, -0.05) is 31.9 Å². The van der Waals surface area contributed by atoms with Crippen LogP contribution in [-0.4, -0.2) is 24.5 Å². The molecule has 5 heteroatoms. The normalized spacial score (nSPS) is 21.6. The molecule has 2 rings (SSSR count). The molecule has 0 bridgehead atoms. The van der Waals surface area contributed by atoms with E-state index < -0.39 is 5.97 Å². The number of ether oxygens (including phenoxy) is 1. The summed E-state index contributed by atoms with van der Waals surface area (Å²) in [5.41, 5.74) is 0.427. The zero-order valence-corrected chi connectivity index (χ0v) is 13.7. The maximum absolute atomic E-state index is 11.9. The number of rotatable bonds is 4. The number of esters is 1. The molecule has 1 aromatic rings. The SMILES string of the molecule is C[C@H]1CCCC[C@H]1NC(=O)COC(=O)c1ccccc1Br. The molecule has 0 saturated heterocycles. The van der Waals surface area contributed by atoms with Gasteiger partial charge in [0.1, 0.15) is 0 Å². The average Bonchev–Trinajstić information content (AvgIpc) is 2.48. The summed E-state index contributed by atoms with van der Waals surface area (Å²) in [4.78, 5) is 23.8. The van der Waals surface area contributed by atoms with E-state index in [1.807, 2.05) is 6.07 Å². The molecule has 1 N–H and O–H groups in total. The van der Waals surface area contributed by atoms with Crippen LogP contribution < -0.4 is 5.32 Å². The molecule has 21 heavy (non-hydrogen) atoms. The highest BCUT2D eigenvalue weighted by atomic mass is 79.9. The monoisotopic (exact) mass is 353 g/mol. The van der Waals surface area contributed by atoms with Crippen molar-refractivity contribution in [2.45, 2.75) is 38.6 Å². The van der Waals surface area contributed by atoms with E-state index in [1.54, 1.807) is 18.2 Å². The maximum Gasteiger partial charge on any atom is 0.339 e. The van der Waals surface area contributed by atoms with E-state index >= 15 is 0 Å². The third-order valence-corrected chi connectivity index (χ3v) is 4.58. The van der Waals surface area contributed by atoms with Crippen molar-refractivity contribution >= 4 is 27.8 Å². The van der Waals surface area contributed by atoms with Gasteiger partial charge >= 0.3 is 5.97 Å². The van der Waals surface area contributed by atoms with E-state index in [9.17, 15) is 9.59 Å². The van der Waals surface area contributed by atoms with Gasteiger partial charge in [-0.2, -0.15) is 0 Å². The summed E-state index contributed by atoms with van der Waals surface area (Å²) in [7, 11) is 0. The van der Waals surface area contributed by atoms with Crippen LogP contribution in [-0.2, 0) is 9.53 Å². The van der Waals surface area contributed by atoms with Gasteiger partial charge in [-0.15, -0.1) is 0 Å². The molecule has 1 amide bonds. The fourth-order valence-corrected chi connectivity index (χ4v) is 3.06. The Kier molecular flexibility index (Phi) is 5.79. The summed E-state index contributed by atoms with van der Waals surface area (Å²) >= 11 is 3.29. The lowest BCUT2D eigenvalue weighted by molar-refractivity contribution is -0.125. The summed E-state index contributed by atoms with van der Waals surface area (Å²) in [5, 5.41) is 2.96. The molecular weight excluding hydrogens is 334 g/mol. The van der Waals surface area contributed by atoms with Crippen LogP contribution in [0.25, 0.3) is 0 Å². The predicted molar refractivity (Wildman–Crippen MR) is 84.0 cm³/mol. The Morgan fingerprint density at radius 3 is 2.71 bits per heavy atom. The molecule has 0 aromatic heterocycles. The van der Waals surface area contributed by atoms with Gasteiger partial charge in [0.15, 0.2) is 6.61 Å². The minimum Gasteiger partial charge on any atom is -0.452 e. The molecule has 0 aliphatic heterocycles. The Hall–Kier alpha value is -1.36. The number of carbonyl (C=O) groups is 2. The van der Waals surface area contributed by atoms with Crippen LogP contribution in [0.15, 0.2) is 28.7 Å². The largest absolute Gasteiger partial charge is 0.452 e. The van der Waals surface area contributed by atoms with Crippen molar-refractivity contribution in [3.63, 3.8) is 0 Å². The van der Waals surface area contributed by atoms with Crippen molar-refractivity contribution in [1.29, 1.82) is 0 Å². The standard InChI is InChI=1S/C16H20BrNO3/c1-11-6-2-5-9-14(11)18-15(19)10-21-16(20)12-7-3-4-8-13(12)17/h3-4,7-8,11,14H,2,5-6,9-10H2,1H3,(H,18,19)/t11-,14+/m0/s1. The lowest BCUT2D eigenvalue weighted by Gasteiger charge is -2.29. The third kappa shape index (κ3) is 4.56. The molecular formula is C16H20BrNO3. The first-order valence-corrected chi connectivity index (χ1v) is 8.08. The number of nitrogens with one attached hydrogen (secondary N) is 1. The highest BCUT2D eigenvalue weighted by Crippen LogP contribution is 2.23. The molecule has 0 heterocycles. The van der Waals surface area contributed by atoms with Crippen LogP contribution >= 0.6 is 15.9 Å². The molecule has 0 radical (unpaired) electrons. The van der Waals surface area contributed by atoms with E-state index in [4.69, 9.17) is 4.74 Å². The van der Waals surface area contributed by atoms with Crippen molar-refractivity contribution in [2.75, 3.05) is 6.61 Å². The Morgan fingerprint density at radius 2 is 2.00 bits per heavy atom. The van der Waals surface area contributed by atoms with Gasteiger partial charge < -0.3 is 10.1 Å². The van der Waals surface area contributed by atoms with Crippen molar-refractivity contribution in [2.24, 2.45) is 5.92 Å². The first-order valence-electron chi connectivity index (χ1n) is 7.29. The smallest absolute Gasteiger partial charge is 0.339 e. The Morgan fingerprint density at radius 1 is 1.29 bits per heavy atom. The highest BCUT2D eigenvalue weighted by molar-refractivity contribution is 9.10. The molecule has 4 nitrogen and oxygen atoms in total. The molecule has 1 aliphatic rings. The maximum atomic E-state index is 11.9. The molecule has 1 saturated carbocycles. The van der Waals surface area contributed by atoms with Crippen LogP contribution in [0.2, 0.25) is 0 Å². The van der Waals surface area contributed by atoms with Gasteiger partial charge in [0.2, 0.25) is 0 Å². The van der Waals surface area contributed by atoms with Crippen LogP contribution in [0.1, 0.15) is 43.0 Å². The molecule has 2 atom stereocenters. The van der Waals surface area contributed by atoms with Crippen LogP contribution in [0.5, 0.6) is 0 Å². The fourth-order valence-electron chi connectivity index (χ4n) is 2.61. The number of hydrogen-bond acceptors (Lipinski definition) is 3. The minimum absolute atomic E-state index is 0.202. The minimum atomic E-state index is -0.491. The average molecular weight is 354 g/mol. The molecule has 1 aliphatic carbocycles. The summed E-state index contributed by atoms with van der Waals surface area (Å²) < 4.78 is 5.73. The molecule has 114 valence electrons. The lowest BCUT2D eigenvalue weighted by atomic mass is 9.86. The quantitative estimate of drug-likeness (QED) is 0.844. The third-order valence-electron chi connectivity index (χ3n) is 3.89. The number of halogens is 1. The number of benzene rings is 1. The molecule has 0 spiro atoms. The van der Waals surface area contributed by atoms with Gasteiger partial charge in [0.25, 0.3) is 5.91 Å². The lowest BCUT2D eigenvalue weighted by Crippen LogP contribution is -2.42. The van der Waals surface area contributed by atoms with E-state index in [2.05, 4.69) is 28.2 Å². The summed E-state index contributed by atoms with van der Waals surface area (Å²) in [6.45, 7) is 1.92. The van der Waals surface area contributed by atoms with Gasteiger partial charge in [-0.05, 0) is 46.8 Å². The number of hydrogen-bond donors (Lipinski definition) is 1. The zero-order chi connectivity index (χ0) is 15.2. The van der Waals surface area contributed by atoms with E-state index in [0.717, 1.165) is 19.3 Å². The Bertz CT molecular complexity index is 518. The Labute approximate surface area is 133 Å². The second-order valence-electron chi connectivity index (χ2n) is 5.49. The van der Waals surface area contributed by atoms with Crippen molar-refractivity contribution in [3.8, 4) is 0 Å². The van der Waals surface area contributed by atoms with Crippen molar-refractivity contribution < 1.29 is 14.3 Å². The van der Waals surface area contributed by atoms with Crippen LogP contribution in [0.3, 0.4) is 0 Å². The summed E-state index contributed by atoms with van der Waals surface area (Å²) in [6.07, 6.45) is 4.52. The van der Waals surface area contributed by atoms with Crippen molar-refractivity contribution in [1.82, 2.24) is 5.32 Å². The zero-order valence-electron chi connectivity index (χ0n) is 12.1. The van der Waals surface area contributed by atoms with E-state index in [1.165, 1.54) is 6.42 Å². The van der Waals surface area contributed by atoms with Gasteiger partial charge in [-0.3, -0.25) is 4.79 Å². The number of amides is 1. The molecule has 1 fully saturated rings. The number of carbonyl (C=O) groups excluding carboxylic acids is 2. The highest BCUT2D eigenvalue weighted by Gasteiger charge is 2.23. The van der Waals surface area contributed by atoms with Gasteiger partial charge in [-0.25, -0.2) is 4.79 Å². The first-order chi connectivity index (χ1) is 10.1. The van der Waals surface area contributed by atoms with Crippen LogP contribution in [0.4, 0.5) is 0 Å². The second kappa shape index (κ2) is 7.59. The van der Waals surface area contributed by atoms with E-state index in [-0.39, 0.29) is 18.6 Å². The van der Waals surface area contributed by atoms with E-state index in [0.29, 0.717) is 16.0 Å². The second-order valence-corrected chi connectivity index (χ2v) is 6.35. The van der Waals surface area contributed by atoms with Gasteiger partial charge in [0, 0.05) is 10.5 Å². The van der Waals surface area contributed by atoms with Gasteiger partial charge in [0.05, 0.1) is 5.56 Å². The summed E-state index contributed by atoms with van der Waals surface area (Å²) in [6, 6.07) is 7.20. The first kappa shape index (κ1) is 16.0. The molecule has 1 aromatic carbocycles. The fraction of sp³-hybridized carbons (Fsp3) is 0.500. The van der Waals surface area contributed by atoms with Crippen molar-refractivity contribution in [3.05, 3.63) is 34.3 Å². The molecule has 0 unspecified atom stereocenters. The van der Waals surface area contributed by atoms with Crippen LogP contribution in [0, 0.1) is 5.92 Å². The summed E-state index contributed by atoms with van der Waals surface area (Å²) in [5.74, 6) is -0.231. The predicted octanol–water partition coefficient (Wildman–Crippen LogP) is 3.30.